The summed E-state index contributed by atoms with van der Waals surface area (Å²) in [6.07, 6.45) is 7.44. The van der Waals surface area contributed by atoms with Gasteiger partial charge in [0.25, 0.3) is 0 Å². The molecule has 0 bridgehead atoms. The fraction of sp³-hybridized carbons (Fsp3) is 0.533. The van der Waals surface area contributed by atoms with Crippen molar-refractivity contribution in [2.45, 2.75) is 72.4 Å². The number of hydrogen-bond donors (Lipinski definition) is 1. The molecule has 2 atom stereocenters. The molecule has 6 nitrogen and oxygen atoms in total. The molecule has 36 heavy (non-hydrogen) atoms. The van der Waals surface area contributed by atoms with E-state index in [1.165, 1.54) is 5.57 Å². The SMILES string of the molecule is C=C(C=C(C)C)/C=C(\C)CCC(=O)C(C)NC(CN1CCCC1)C(=O)c1cc(C)c2c(c1)OCCO2. The Morgan fingerprint density at radius 1 is 1.08 bits per heavy atom. The lowest BCUT2D eigenvalue weighted by Crippen LogP contribution is -2.51. The highest BCUT2D eigenvalue weighted by Gasteiger charge is 2.29. The largest absolute Gasteiger partial charge is 0.486 e. The van der Waals surface area contributed by atoms with Crippen LogP contribution in [0.3, 0.4) is 0 Å². The molecule has 1 aromatic rings. The summed E-state index contributed by atoms with van der Waals surface area (Å²) in [4.78, 5) is 29.0. The van der Waals surface area contributed by atoms with Crippen LogP contribution in [0.2, 0.25) is 0 Å². The molecular formula is C30H42N2O4. The Morgan fingerprint density at radius 3 is 2.47 bits per heavy atom. The molecular weight excluding hydrogens is 452 g/mol. The van der Waals surface area contributed by atoms with Gasteiger partial charge in [-0.1, -0.05) is 29.9 Å². The van der Waals surface area contributed by atoms with Gasteiger partial charge in [-0.15, -0.1) is 0 Å². The van der Waals surface area contributed by atoms with Gasteiger partial charge in [0.2, 0.25) is 0 Å². The van der Waals surface area contributed by atoms with Crippen molar-refractivity contribution in [3.05, 3.63) is 58.7 Å². The van der Waals surface area contributed by atoms with Crippen LogP contribution in [0.4, 0.5) is 0 Å². The summed E-state index contributed by atoms with van der Waals surface area (Å²) >= 11 is 0. The number of hydrogen-bond acceptors (Lipinski definition) is 6. The summed E-state index contributed by atoms with van der Waals surface area (Å²) in [6, 6.07) is 2.75. The van der Waals surface area contributed by atoms with Gasteiger partial charge >= 0.3 is 0 Å². The average Bonchev–Trinajstić information content (AvgIpc) is 3.34. The fourth-order valence-electron chi connectivity index (χ4n) is 4.84. The van der Waals surface area contributed by atoms with E-state index >= 15 is 0 Å². The smallest absolute Gasteiger partial charge is 0.181 e. The molecule has 0 radical (unpaired) electrons. The summed E-state index contributed by atoms with van der Waals surface area (Å²) in [5.41, 5.74) is 4.73. The number of nitrogens with zero attached hydrogens (tertiary/aromatic N) is 1. The first-order chi connectivity index (χ1) is 17.1. The van der Waals surface area contributed by atoms with E-state index in [2.05, 4.69) is 16.8 Å². The van der Waals surface area contributed by atoms with E-state index in [1.807, 2.05) is 52.8 Å². The van der Waals surface area contributed by atoms with Crippen molar-refractivity contribution >= 4 is 11.6 Å². The number of likely N-dealkylation sites (tertiary alicyclic amines) is 1. The minimum atomic E-state index is -0.474. The van der Waals surface area contributed by atoms with Crippen molar-refractivity contribution in [1.29, 1.82) is 0 Å². The molecule has 0 amide bonds. The van der Waals surface area contributed by atoms with Crippen LogP contribution >= 0.6 is 0 Å². The van der Waals surface area contributed by atoms with E-state index < -0.39 is 12.1 Å². The molecule has 6 heteroatoms. The van der Waals surface area contributed by atoms with Crippen LogP contribution in [0.5, 0.6) is 11.5 Å². The van der Waals surface area contributed by atoms with Crippen molar-refractivity contribution in [3.63, 3.8) is 0 Å². The Morgan fingerprint density at radius 2 is 1.78 bits per heavy atom. The summed E-state index contributed by atoms with van der Waals surface area (Å²) < 4.78 is 11.5. The van der Waals surface area contributed by atoms with Gasteiger partial charge in [0.05, 0.1) is 12.1 Å². The second-order valence-corrected chi connectivity index (χ2v) is 10.4. The highest BCUT2D eigenvalue weighted by atomic mass is 16.6. The molecule has 0 aliphatic carbocycles. The van der Waals surface area contributed by atoms with Gasteiger partial charge in [-0.05, 0) is 90.2 Å². The van der Waals surface area contributed by atoms with Crippen molar-refractivity contribution in [2.24, 2.45) is 0 Å². The van der Waals surface area contributed by atoms with Gasteiger partial charge < -0.3 is 14.4 Å². The fourth-order valence-corrected chi connectivity index (χ4v) is 4.84. The minimum Gasteiger partial charge on any atom is -0.486 e. The van der Waals surface area contributed by atoms with Crippen molar-refractivity contribution in [2.75, 3.05) is 32.8 Å². The van der Waals surface area contributed by atoms with Crippen LogP contribution in [-0.2, 0) is 4.79 Å². The van der Waals surface area contributed by atoms with Gasteiger partial charge in [-0.25, -0.2) is 0 Å². The van der Waals surface area contributed by atoms with E-state index in [0.29, 0.717) is 49.7 Å². The number of Topliss-reactive ketones (excluding diaryl/α,β-unsaturated/α-hetero) is 2. The highest BCUT2D eigenvalue weighted by Crippen LogP contribution is 2.35. The van der Waals surface area contributed by atoms with Crippen LogP contribution in [0.25, 0.3) is 0 Å². The van der Waals surface area contributed by atoms with E-state index in [1.54, 1.807) is 6.07 Å². The molecule has 0 aromatic heterocycles. The number of rotatable bonds is 12. The maximum atomic E-state index is 13.7. The van der Waals surface area contributed by atoms with Gasteiger partial charge in [0.1, 0.15) is 19.0 Å². The van der Waals surface area contributed by atoms with Crippen LogP contribution in [0, 0.1) is 6.92 Å². The molecule has 1 fully saturated rings. The molecule has 2 unspecified atom stereocenters. The normalized spacial score (nSPS) is 17.4. The Bertz CT molecular complexity index is 1030. The monoisotopic (exact) mass is 494 g/mol. The van der Waals surface area contributed by atoms with Crippen LogP contribution in [0.1, 0.15) is 69.3 Å². The number of carbonyl (C=O) groups excluding carboxylic acids is 2. The first-order valence-corrected chi connectivity index (χ1v) is 13.1. The molecule has 196 valence electrons. The molecule has 2 aliphatic heterocycles. The zero-order valence-corrected chi connectivity index (χ0v) is 22.6. The lowest BCUT2D eigenvalue weighted by molar-refractivity contribution is -0.120. The summed E-state index contributed by atoms with van der Waals surface area (Å²) in [6.45, 7) is 17.5. The van der Waals surface area contributed by atoms with Gasteiger partial charge in [0.15, 0.2) is 17.3 Å². The zero-order valence-electron chi connectivity index (χ0n) is 22.6. The Hall–Kier alpha value is -2.70. The topological polar surface area (TPSA) is 67.9 Å². The Kier molecular flexibility index (Phi) is 10.1. The predicted octanol–water partition coefficient (Wildman–Crippen LogP) is 5.21. The lowest BCUT2D eigenvalue weighted by Gasteiger charge is -2.27. The second kappa shape index (κ2) is 13.0. The number of fused-ring (bicyclic) bond motifs is 1. The number of aryl methyl sites for hydroxylation is 1. The van der Waals surface area contributed by atoms with E-state index in [4.69, 9.17) is 9.47 Å². The third kappa shape index (κ3) is 7.90. The highest BCUT2D eigenvalue weighted by molar-refractivity contribution is 6.01. The molecule has 2 heterocycles. The maximum Gasteiger partial charge on any atom is 0.181 e. The van der Waals surface area contributed by atoms with E-state index in [-0.39, 0.29) is 11.6 Å². The van der Waals surface area contributed by atoms with Crippen molar-refractivity contribution in [1.82, 2.24) is 10.2 Å². The average molecular weight is 495 g/mol. The molecule has 1 aromatic carbocycles. The molecule has 3 rings (SSSR count). The van der Waals surface area contributed by atoms with Gasteiger partial charge in [-0.2, -0.15) is 0 Å². The number of allylic oxidation sites excluding steroid dienone is 5. The number of carbonyl (C=O) groups is 2. The number of benzene rings is 1. The molecule has 1 saturated heterocycles. The molecule has 2 aliphatic rings. The minimum absolute atomic E-state index is 0.0179. The first-order valence-electron chi connectivity index (χ1n) is 13.1. The zero-order chi connectivity index (χ0) is 26.2. The van der Waals surface area contributed by atoms with Gasteiger partial charge in [0, 0.05) is 18.5 Å². The van der Waals surface area contributed by atoms with Gasteiger partial charge in [-0.3, -0.25) is 14.9 Å². The number of ether oxygens (including phenoxy) is 2. The van der Waals surface area contributed by atoms with E-state index in [9.17, 15) is 9.59 Å². The van der Waals surface area contributed by atoms with Crippen molar-refractivity contribution in [3.8, 4) is 11.5 Å². The number of ketones is 2. The quantitative estimate of drug-likeness (QED) is 0.318. The Labute approximate surface area is 216 Å². The molecule has 0 saturated carbocycles. The third-order valence-corrected chi connectivity index (χ3v) is 6.67. The van der Waals surface area contributed by atoms with Crippen LogP contribution < -0.4 is 14.8 Å². The van der Waals surface area contributed by atoms with E-state index in [0.717, 1.165) is 42.6 Å². The third-order valence-electron chi connectivity index (χ3n) is 6.67. The maximum absolute atomic E-state index is 13.7. The van der Waals surface area contributed by atoms with Crippen molar-refractivity contribution < 1.29 is 19.1 Å². The summed E-state index contributed by atoms with van der Waals surface area (Å²) in [7, 11) is 0. The molecule has 1 N–H and O–H groups in total. The summed E-state index contributed by atoms with van der Waals surface area (Å²) in [5.74, 6) is 1.41. The van der Waals surface area contributed by atoms with Crippen LogP contribution in [-0.4, -0.2) is 61.4 Å². The van der Waals surface area contributed by atoms with Crippen LogP contribution in [0.15, 0.2) is 47.6 Å². The Balaban J connectivity index is 1.69. The molecule has 0 spiro atoms. The lowest BCUT2D eigenvalue weighted by atomic mass is 9.98. The summed E-state index contributed by atoms with van der Waals surface area (Å²) in [5, 5.41) is 3.37. The standard InChI is InChI=1S/C30H42N2O4/c1-20(2)15-22(4)16-21(3)9-10-27(33)24(6)31-26(19-32-11-7-8-12-32)29(34)25-17-23(5)30-28(18-25)35-13-14-36-30/h15-18,24,26,31H,4,7-14,19H2,1-3,5-6H3/b21-16+. The predicted molar refractivity (Wildman–Crippen MR) is 145 cm³/mol. The first kappa shape index (κ1) is 27.9. The number of nitrogens with one attached hydrogen (secondary N) is 1. The second-order valence-electron chi connectivity index (χ2n) is 10.4.